The van der Waals surface area contributed by atoms with E-state index in [9.17, 15) is 0 Å². The summed E-state index contributed by atoms with van der Waals surface area (Å²) in [6, 6.07) is 0. The maximum absolute atomic E-state index is 4.54. The zero-order valence-corrected chi connectivity index (χ0v) is 10.4. The van der Waals surface area contributed by atoms with E-state index >= 15 is 0 Å². The predicted octanol–water partition coefficient (Wildman–Crippen LogP) is 3.16. The lowest BCUT2D eigenvalue weighted by molar-refractivity contribution is 0.156. The first-order valence-electron chi connectivity index (χ1n) is 5.94. The fourth-order valence-corrected chi connectivity index (χ4v) is 3.72. The first-order valence-corrected chi connectivity index (χ1v) is 6.82. The van der Waals surface area contributed by atoms with Gasteiger partial charge in [0, 0.05) is 11.6 Å². The summed E-state index contributed by atoms with van der Waals surface area (Å²) in [5.74, 6) is 0.706. The van der Waals surface area contributed by atoms with Gasteiger partial charge in [0.15, 0.2) is 0 Å². The second-order valence-corrected chi connectivity index (χ2v) is 5.38. The highest BCUT2D eigenvalue weighted by Gasteiger charge is 2.40. The molecule has 84 valence electrons. The molecule has 1 fully saturated rings. The average Bonchev–Trinajstić information content (AvgIpc) is 2.75. The van der Waals surface area contributed by atoms with E-state index in [1.807, 2.05) is 6.20 Å². The van der Waals surface area contributed by atoms with E-state index in [-0.39, 0.29) is 5.54 Å². The normalized spacial score (nSPS) is 31.7. The maximum atomic E-state index is 4.54. The highest BCUT2D eigenvalue weighted by Crippen LogP contribution is 2.42. The molecular weight excluding hydrogens is 204 g/mol. The summed E-state index contributed by atoms with van der Waals surface area (Å²) >= 11 is 1.80. The standard InChI is InChI=1S/C12H20N2S/c1-3-14-12(11-13-8-9-15-11)7-5-4-6-10(12)2/h8-10,14H,3-7H2,1-2H3. The monoisotopic (exact) mass is 224 g/mol. The van der Waals surface area contributed by atoms with E-state index < -0.39 is 0 Å². The smallest absolute Gasteiger partial charge is 0.113 e. The van der Waals surface area contributed by atoms with Gasteiger partial charge in [0.05, 0.1) is 5.54 Å². The van der Waals surface area contributed by atoms with Gasteiger partial charge in [0.25, 0.3) is 0 Å². The van der Waals surface area contributed by atoms with Crippen LogP contribution in [0.25, 0.3) is 0 Å². The van der Waals surface area contributed by atoms with Crippen LogP contribution in [0.3, 0.4) is 0 Å². The molecule has 2 nitrogen and oxygen atoms in total. The summed E-state index contributed by atoms with van der Waals surface area (Å²) in [6.45, 7) is 5.59. The summed E-state index contributed by atoms with van der Waals surface area (Å²) in [5, 5.41) is 7.08. The van der Waals surface area contributed by atoms with Crippen LogP contribution in [-0.4, -0.2) is 11.5 Å². The number of thiazole rings is 1. The van der Waals surface area contributed by atoms with Crippen molar-refractivity contribution >= 4 is 11.3 Å². The maximum Gasteiger partial charge on any atom is 0.113 e. The van der Waals surface area contributed by atoms with Crippen molar-refractivity contribution in [1.82, 2.24) is 10.3 Å². The summed E-state index contributed by atoms with van der Waals surface area (Å²) in [4.78, 5) is 4.54. The van der Waals surface area contributed by atoms with Crippen LogP contribution in [0, 0.1) is 5.92 Å². The molecule has 1 aliphatic rings. The lowest BCUT2D eigenvalue weighted by Crippen LogP contribution is -2.49. The lowest BCUT2D eigenvalue weighted by Gasteiger charge is -2.42. The minimum atomic E-state index is 0.168. The highest BCUT2D eigenvalue weighted by atomic mass is 32.1. The van der Waals surface area contributed by atoms with Crippen LogP contribution in [0.5, 0.6) is 0 Å². The molecule has 1 aliphatic carbocycles. The fraction of sp³-hybridized carbons (Fsp3) is 0.750. The van der Waals surface area contributed by atoms with Crippen molar-refractivity contribution in [2.24, 2.45) is 5.92 Å². The molecule has 1 heterocycles. The molecule has 0 radical (unpaired) electrons. The zero-order valence-electron chi connectivity index (χ0n) is 9.62. The van der Waals surface area contributed by atoms with Gasteiger partial charge < -0.3 is 5.32 Å². The molecule has 0 saturated heterocycles. The van der Waals surface area contributed by atoms with Crippen LogP contribution < -0.4 is 5.32 Å². The Morgan fingerprint density at radius 3 is 3.07 bits per heavy atom. The van der Waals surface area contributed by atoms with Crippen LogP contribution in [0.15, 0.2) is 11.6 Å². The molecule has 1 saturated carbocycles. The van der Waals surface area contributed by atoms with Crippen molar-refractivity contribution < 1.29 is 0 Å². The average molecular weight is 224 g/mol. The Kier molecular flexibility index (Phi) is 3.42. The van der Waals surface area contributed by atoms with Crippen molar-refractivity contribution in [3.63, 3.8) is 0 Å². The molecule has 2 rings (SSSR count). The zero-order chi connectivity index (χ0) is 10.7. The van der Waals surface area contributed by atoms with E-state index in [0.29, 0.717) is 5.92 Å². The van der Waals surface area contributed by atoms with Gasteiger partial charge >= 0.3 is 0 Å². The fourth-order valence-electron chi connectivity index (χ4n) is 2.76. The van der Waals surface area contributed by atoms with Crippen LogP contribution in [0.4, 0.5) is 0 Å². The molecule has 1 aromatic rings. The first-order chi connectivity index (χ1) is 7.29. The Labute approximate surface area is 96.1 Å². The van der Waals surface area contributed by atoms with E-state index in [1.54, 1.807) is 11.3 Å². The molecule has 2 unspecified atom stereocenters. The number of nitrogens with one attached hydrogen (secondary N) is 1. The number of hydrogen-bond acceptors (Lipinski definition) is 3. The summed E-state index contributed by atoms with van der Waals surface area (Å²) in [7, 11) is 0. The Morgan fingerprint density at radius 2 is 2.47 bits per heavy atom. The van der Waals surface area contributed by atoms with Crippen molar-refractivity contribution in [2.75, 3.05) is 6.54 Å². The van der Waals surface area contributed by atoms with Crippen LogP contribution >= 0.6 is 11.3 Å². The Hall–Kier alpha value is -0.410. The largest absolute Gasteiger partial charge is 0.305 e. The second kappa shape index (κ2) is 4.62. The third-order valence-electron chi connectivity index (χ3n) is 3.61. The second-order valence-electron chi connectivity index (χ2n) is 4.49. The number of rotatable bonds is 3. The summed E-state index contributed by atoms with van der Waals surface area (Å²) < 4.78 is 0. The van der Waals surface area contributed by atoms with E-state index in [2.05, 4.69) is 29.5 Å². The molecule has 0 aromatic carbocycles. The molecule has 0 amide bonds. The molecule has 15 heavy (non-hydrogen) atoms. The van der Waals surface area contributed by atoms with Crippen LogP contribution in [0.2, 0.25) is 0 Å². The third-order valence-corrected chi connectivity index (χ3v) is 4.56. The van der Waals surface area contributed by atoms with Gasteiger partial charge in [-0.05, 0) is 25.3 Å². The van der Waals surface area contributed by atoms with E-state index in [1.165, 1.54) is 30.7 Å². The van der Waals surface area contributed by atoms with Gasteiger partial charge in [-0.15, -0.1) is 11.3 Å². The van der Waals surface area contributed by atoms with Crippen LogP contribution in [-0.2, 0) is 5.54 Å². The topological polar surface area (TPSA) is 24.9 Å². The minimum absolute atomic E-state index is 0.168. The van der Waals surface area contributed by atoms with Crippen molar-refractivity contribution in [3.8, 4) is 0 Å². The molecular formula is C12H20N2S. The minimum Gasteiger partial charge on any atom is -0.305 e. The molecule has 2 atom stereocenters. The van der Waals surface area contributed by atoms with E-state index in [4.69, 9.17) is 0 Å². The van der Waals surface area contributed by atoms with Gasteiger partial charge in [-0.3, -0.25) is 0 Å². The Bertz CT molecular complexity index is 293. The molecule has 1 N–H and O–H groups in total. The Morgan fingerprint density at radius 1 is 1.60 bits per heavy atom. The molecule has 3 heteroatoms. The van der Waals surface area contributed by atoms with E-state index in [0.717, 1.165) is 6.54 Å². The van der Waals surface area contributed by atoms with Gasteiger partial charge in [-0.25, -0.2) is 4.98 Å². The summed E-state index contributed by atoms with van der Waals surface area (Å²) in [5.41, 5.74) is 0.168. The first kappa shape index (κ1) is 11.1. The molecule has 1 aromatic heterocycles. The number of nitrogens with zero attached hydrogens (tertiary/aromatic N) is 1. The van der Waals surface area contributed by atoms with Crippen molar-refractivity contribution in [1.29, 1.82) is 0 Å². The number of hydrogen-bond donors (Lipinski definition) is 1. The van der Waals surface area contributed by atoms with Crippen LogP contribution in [0.1, 0.15) is 44.5 Å². The van der Waals surface area contributed by atoms with Gasteiger partial charge in [-0.1, -0.05) is 26.7 Å². The molecule has 0 aliphatic heterocycles. The Balaban J connectivity index is 2.30. The number of aromatic nitrogens is 1. The molecule has 0 bridgehead atoms. The quantitative estimate of drug-likeness (QED) is 0.853. The SMILES string of the molecule is CCNC1(c2nccs2)CCCCC1C. The van der Waals surface area contributed by atoms with Gasteiger partial charge in [-0.2, -0.15) is 0 Å². The molecule has 0 spiro atoms. The van der Waals surface area contributed by atoms with Gasteiger partial charge in [0.1, 0.15) is 5.01 Å². The van der Waals surface area contributed by atoms with Gasteiger partial charge in [0.2, 0.25) is 0 Å². The van der Waals surface area contributed by atoms with Crippen molar-refractivity contribution in [3.05, 3.63) is 16.6 Å². The third kappa shape index (κ3) is 1.95. The highest BCUT2D eigenvalue weighted by molar-refractivity contribution is 7.09. The lowest BCUT2D eigenvalue weighted by atomic mass is 9.74. The predicted molar refractivity (Wildman–Crippen MR) is 65.1 cm³/mol. The van der Waals surface area contributed by atoms with Crippen molar-refractivity contribution in [2.45, 2.75) is 45.1 Å². The summed E-state index contributed by atoms with van der Waals surface area (Å²) in [6.07, 6.45) is 7.21.